The minimum atomic E-state index is -0.228. The minimum absolute atomic E-state index is 0.0845. The molecule has 3 amide bonds. The van der Waals surface area contributed by atoms with E-state index in [1.807, 2.05) is 13.8 Å². The van der Waals surface area contributed by atoms with Crippen LogP contribution >= 0.6 is 0 Å². The maximum absolute atomic E-state index is 12.3. The first-order valence-electron chi connectivity index (χ1n) is 8.57. The van der Waals surface area contributed by atoms with Gasteiger partial charge >= 0.3 is 6.03 Å². The molecule has 0 spiro atoms. The number of urea groups is 1. The van der Waals surface area contributed by atoms with Crippen molar-refractivity contribution >= 4 is 11.9 Å². The van der Waals surface area contributed by atoms with Gasteiger partial charge in [-0.05, 0) is 26.7 Å². The molecule has 0 bridgehead atoms. The Kier molecular flexibility index (Phi) is 4.73. The van der Waals surface area contributed by atoms with E-state index in [0.717, 1.165) is 12.8 Å². The first-order chi connectivity index (χ1) is 11.4. The summed E-state index contributed by atoms with van der Waals surface area (Å²) < 4.78 is 5.27. The zero-order valence-corrected chi connectivity index (χ0v) is 14.5. The summed E-state index contributed by atoms with van der Waals surface area (Å²) in [6, 6.07) is -0.222. The second-order valence-electron chi connectivity index (χ2n) is 7.02. The number of likely N-dealkylation sites (tertiary alicyclic amines) is 1. The van der Waals surface area contributed by atoms with E-state index < -0.39 is 0 Å². The van der Waals surface area contributed by atoms with Crippen molar-refractivity contribution < 1.29 is 14.1 Å². The number of nitrogens with one attached hydrogen (secondary N) is 1. The van der Waals surface area contributed by atoms with E-state index in [-0.39, 0.29) is 30.6 Å². The Morgan fingerprint density at radius 1 is 1.46 bits per heavy atom. The molecule has 8 heteroatoms. The summed E-state index contributed by atoms with van der Waals surface area (Å²) in [6.07, 6.45) is 3.75. The van der Waals surface area contributed by atoms with Gasteiger partial charge < -0.3 is 19.6 Å². The fourth-order valence-corrected chi connectivity index (χ4v) is 3.05. The fourth-order valence-electron chi connectivity index (χ4n) is 3.05. The molecular weight excluding hydrogens is 310 g/mol. The number of hydrogen-bond acceptors (Lipinski definition) is 5. The minimum Gasteiger partial charge on any atom is -0.339 e. The van der Waals surface area contributed by atoms with Crippen LogP contribution in [0.15, 0.2) is 4.52 Å². The molecule has 1 saturated heterocycles. The molecule has 1 atom stereocenters. The van der Waals surface area contributed by atoms with Crippen molar-refractivity contribution in [3.8, 4) is 0 Å². The summed E-state index contributed by atoms with van der Waals surface area (Å²) in [4.78, 5) is 31.9. The molecule has 2 aliphatic rings. The summed E-state index contributed by atoms with van der Waals surface area (Å²) in [5.74, 6) is 1.66. The van der Waals surface area contributed by atoms with Gasteiger partial charge in [-0.1, -0.05) is 11.6 Å². The van der Waals surface area contributed by atoms with Crippen LogP contribution in [-0.2, 0) is 11.3 Å². The Balaban J connectivity index is 1.50. The van der Waals surface area contributed by atoms with Crippen LogP contribution in [-0.4, -0.2) is 57.6 Å². The molecule has 24 heavy (non-hydrogen) atoms. The van der Waals surface area contributed by atoms with E-state index in [1.165, 1.54) is 11.3 Å². The molecule has 2 heterocycles. The van der Waals surface area contributed by atoms with Crippen molar-refractivity contribution in [3.05, 3.63) is 11.7 Å². The van der Waals surface area contributed by atoms with Crippen LogP contribution < -0.4 is 5.32 Å². The molecule has 0 radical (unpaired) electrons. The van der Waals surface area contributed by atoms with Gasteiger partial charge in [0.2, 0.25) is 11.8 Å². The number of aromatic nitrogens is 2. The summed E-state index contributed by atoms with van der Waals surface area (Å²) in [5, 5.41) is 6.85. The first kappa shape index (κ1) is 16.7. The highest BCUT2D eigenvalue weighted by molar-refractivity contribution is 5.81. The maximum atomic E-state index is 12.3. The van der Waals surface area contributed by atoms with Crippen LogP contribution in [0.4, 0.5) is 4.79 Å². The second-order valence-corrected chi connectivity index (χ2v) is 7.02. The molecule has 1 aromatic heterocycles. The lowest BCUT2D eigenvalue weighted by molar-refractivity contribution is -0.129. The highest BCUT2D eigenvalue weighted by Gasteiger charge is 2.32. The predicted molar refractivity (Wildman–Crippen MR) is 86.1 cm³/mol. The van der Waals surface area contributed by atoms with Gasteiger partial charge in [-0.2, -0.15) is 4.98 Å². The Morgan fingerprint density at radius 3 is 2.79 bits per heavy atom. The Bertz CT molecular complexity index is 611. The van der Waals surface area contributed by atoms with Gasteiger partial charge in [0, 0.05) is 32.0 Å². The predicted octanol–water partition coefficient (Wildman–Crippen LogP) is 1.49. The Morgan fingerprint density at radius 2 is 2.21 bits per heavy atom. The van der Waals surface area contributed by atoms with Gasteiger partial charge in [0.25, 0.3) is 0 Å². The van der Waals surface area contributed by atoms with Gasteiger partial charge in [0.15, 0.2) is 5.82 Å². The van der Waals surface area contributed by atoms with Crippen LogP contribution in [0.1, 0.15) is 57.2 Å². The lowest BCUT2D eigenvalue weighted by Gasteiger charge is -2.22. The highest BCUT2D eigenvalue weighted by atomic mass is 16.5. The lowest BCUT2D eigenvalue weighted by Crippen LogP contribution is -2.44. The molecule has 1 aliphatic heterocycles. The second kappa shape index (κ2) is 6.78. The number of hydrogen-bond donors (Lipinski definition) is 1. The van der Waals surface area contributed by atoms with Gasteiger partial charge in [-0.15, -0.1) is 0 Å². The van der Waals surface area contributed by atoms with Crippen LogP contribution in [0.2, 0.25) is 0 Å². The average molecular weight is 335 g/mol. The molecule has 8 nitrogen and oxygen atoms in total. The summed E-state index contributed by atoms with van der Waals surface area (Å²) in [7, 11) is 1.69. The highest BCUT2D eigenvalue weighted by Crippen LogP contribution is 2.35. The van der Waals surface area contributed by atoms with E-state index >= 15 is 0 Å². The smallest absolute Gasteiger partial charge is 0.317 e. The van der Waals surface area contributed by atoms with Crippen LogP contribution in [0.3, 0.4) is 0 Å². The fraction of sp³-hybridized carbons (Fsp3) is 0.750. The van der Waals surface area contributed by atoms with Crippen LogP contribution in [0.5, 0.6) is 0 Å². The van der Waals surface area contributed by atoms with Crippen molar-refractivity contribution in [3.63, 3.8) is 0 Å². The molecule has 0 aromatic carbocycles. The van der Waals surface area contributed by atoms with Gasteiger partial charge in [0.05, 0.1) is 12.6 Å². The van der Waals surface area contributed by atoms with E-state index in [9.17, 15) is 9.59 Å². The van der Waals surface area contributed by atoms with E-state index in [2.05, 4.69) is 15.5 Å². The average Bonchev–Trinajstić information content (AvgIpc) is 3.04. The number of amides is 3. The summed E-state index contributed by atoms with van der Waals surface area (Å²) in [6.45, 7) is 4.80. The molecule has 3 rings (SSSR count). The van der Waals surface area contributed by atoms with Crippen LogP contribution in [0.25, 0.3) is 0 Å². The monoisotopic (exact) mass is 335 g/mol. The largest absolute Gasteiger partial charge is 0.339 e. The lowest BCUT2D eigenvalue weighted by atomic mass is 9.85. The van der Waals surface area contributed by atoms with Crippen molar-refractivity contribution in [1.82, 2.24) is 25.3 Å². The van der Waals surface area contributed by atoms with Gasteiger partial charge in [-0.25, -0.2) is 4.79 Å². The SMILES string of the molecule is CC(C)N1C[C@@H](NC(=O)N(C)Cc2noc(C3CCC3)n2)CC1=O. The Hall–Kier alpha value is -2.12. The Labute approximate surface area is 141 Å². The van der Waals surface area contributed by atoms with Crippen molar-refractivity contribution in [2.45, 2.75) is 64.1 Å². The number of carbonyl (C=O) groups is 2. The number of nitrogens with zero attached hydrogens (tertiary/aromatic N) is 4. The summed E-state index contributed by atoms with van der Waals surface area (Å²) in [5.41, 5.74) is 0. The zero-order chi connectivity index (χ0) is 17.3. The molecule has 1 aliphatic carbocycles. The number of carbonyl (C=O) groups excluding carboxylic acids is 2. The number of rotatable bonds is 5. The maximum Gasteiger partial charge on any atom is 0.317 e. The molecule has 132 valence electrons. The molecule has 2 fully saturated rings. The third-order valence-electron chi connectivity index (χ3n) is 4.77. The van der Waals surface area contributed by atoms with E-state index in [1.54, 1.807) is 11.9 Å². The molecule has 0 unspecified atom stereocenters. The third-order valence-corrected chi connectivity index (χ3v) is 4.77. The van der Waals surface area contributed by atoms with Gasteiger partial charge in [-0.3, -0.25) is 4.79 Å². The van der Waals surface area contributed by atoms with Crippen molar-refractivity contribution in [1.29, 1.82) is 0 Å². The van der Waals surface area contributed by atoms with Gasteiger partial charge in [0.1, 0.15) is 0 Å². The van der Waals surface area contributed by atoms with Crippen molar-refractivity contribution in [2.75, 3.05) is 13.6 Å². The normalized spacial score (nSPS) is 21.2. The molecule has 1 saturated carbocycles. The van der Waals surface area contributed by atoms with E-state index in [4.69, 9.17) is 4.52 Å². The first-order valence-corrected chi connectivity index (χ1v) is 8.57. The topological polar surface area (TPSA) is 91.6 Å². The molecule has 1 N–H and O–H groups in total. The molecule has 1 aromatic rings. The zero-order valence-electron chi connectivity index (χ0n) is 14.5. The quantitative estimate of drug-likeness (QED) is 0.880. The molecular formula is C16H25N5O3. The van der Waals surface area contributed by atoms with Crippen LogP contribution in [0, 0.1) is 0 Å². The van der Waals surface area contributed by atoms with E-state index in [0.29, 0.717) is 30.6 Å². The third kappa shape index (κ3) is 3.52. The van der Waals surface area contributed by atoms with Crippen molar-refractivity contribution in [2.24, 2.45) is 0 Å². The summed E-state index contributed by atoms with van der Waals surface area (Å²) >= 11 is 0. The standard InChI is InChI=1S/C16H25N5O3/c1-10(2)21-8-12(7-14(21)22)17-16(23)20(3)9-13-18-15(24-19-13)11-5-4-6-11/h10-12H,4-9H2,1-3H3,(H,17,23)/t12-/m0/s1.